The van der Waals surface area contributed by atoms with E-state index in [-0.39, 0.29) is 11.9 Å². The van der Waals surface area contributed by atoms with Crippen molar-refractivity contribution in [1.29, 1.82) is 0 Å². The Kier molecular flexibility index (Phi) is 5.68. The van der Waals surface area contributed by atoms with E-state index in [2.05, 4.69) is 26.3 Å². The SMILES string of the molecule is C[C@@]1(c2ccccc2)NC(=O)N(NC(=O)CSc2nnnn2C[C@H]2CCCO2)C1=O. The molecule has 1 aromatic heterocycles. The summed E-state index contributed by atoms with van der Waals surface area (Å²) in [6, 6.07) is 8.17. The Morgan fingerprint density at radius 1 is 1.37 bits per heavy atom. The number of benzene rings is 1. The Balaban J connectivity index is 1.35. The second-order valence-electron chi connectivity index (χ2n) is 7.16. The first kappa shape index (κ1) is 20.3. The molecule has 0 spiro atoms. The normalized spacial score (nSPS) is 23.6. The highest BCUT2D eigenvalue weighted by atomic mass is 32.2. The summed E-state index contributed by atoms with van der Waals surface area (Å²) in [7, 11) is 0. The molecule has 0 unspecified atom stereocenters. The molecule has 0 saturated carbocycles. The minimum atomic E-state index is -1.25. The summed E-state index contributed by atoms with van der Waals surface area (Å²) < 4.78 is 7.17. The molecule has 2 atom stereocenters. The van der Waals surface area contributed by atoms with Crippen molar-refractivity contribution >= 4 is 29.6 Å². The number of carbonyl (C=O) groups excluding carboxylic acids is 3. The van der Waals surface area contributed by atoms with Crippen LogP contribution in [-0.2, 0) is 26.4 Å². The van der Waals surface area contributed by atoms with Gasteiger partial charge in [0.1, 0.15) is 5.54 Å². The molecule has 0 radical (unpaired) electrons. The molecule has 12 heteroatoms. The molecule has 30 heavy (non-hydrogen) atoms. The number of urea groups is 1. The highest BCUT2D eigenvalue weighted by Gasteiger charge is 2.49. The fourth-order valence-electron chi connectivity index (χ4n) is 3.39. The smallest absolute Gasteiger partial charge is 0.344 e. The molecule has 2 N–H and O–H groups in total. The number of ether oxygens (including phenoxy) is 1. The zero-order valence-electron chi connectivity index (χ0n) is 16.3. The molecule has 1 aromatic carbocycles. The van der Waals surface area contributed by atoms with Crippen molar-refractivity contribution in [3.8, 4) is 0 Å². The van der Waals surface area contributed by atoms with Crippen LogP contribution in [0.2, 0.25) is 0 Å². The van der Waals surface area contributed by atoms with E-state index in [1.54, 1.807) is 35.9 Å². The maximum absolute atomic E-state index is 12.8. The standard InChI is InChI=1S/C18H21N7O4S/c1-18(12-6-3-2-4-7-12)15(27)25(16(28)19-18)21-14(26)11-30-17-20-22-23-24(17)10-13-8-5-9-29-13/h2-4,6-7,13H,5,8-11H2,1H3,(H,19,28)(H,21,26)/t13-,18+/m1/s1. The minimum Gasteiger partial charge on any atom is -0.376 e. The lowest BCUT2D eigenvalue weighted by molar-refractivity contribution is -0.138. The van der Waals surface area contributed by atoms with Crippen molar-refractivity contribution in [2.24, 2.45) is 0 Å². The fourth-order valence-corrected chi connectivity index (χ4v) is 4.07. The van der Waals surface area contributed by atoms with E-state index in [0.717, 1.165) is 31.2 Å². The van der Waals surface area contributed by atoms with Crippen LogP contribution in [-0.4, -0.2) is 61.5 Å². The Bertz CT molecular complexity index is 947. The fraction of sp³-hybridized carbons (Fsp3) is 0.444. The average Bonchev–Trinajstić information content (AvgIpc) is 3.46. The summed E-state index contributed by atoms with van der Waals surface area (Å²) in [6.45, 7) is 2.84. The van der Waals surface area contributed by atoms with Crippen molar-refractivity contribution in [1.82, 2.24) is 36.0 Å². The molecule has 4 rings (SSSR count). The largest absolute Gasteiger partial charge is 0.376 e. The van der Waals surface area contributed by atoms with Crippen LogP contribution < -0.4 is 10.7 Å². The molecule has 4 amide bonds. The summed E-state index contributed by atoms with van der Waals surface area (Å²) in [6.07, 6.45) is 2.01. The van der Waals surface area contributed by atoms with Crippen LogP contribution in [0, 0.1) is 0 Å². The van der Waals surface area contributed by atoms with Gasteiger partial charge in [-0.3, -0.25) is 15.0 Å². The molecule has 3 heterocycles. The monoisotopic (exact) mass is 431 g/mol. The van der Waals surface area contributed by atoms with Gasteiger partial charge in [-0.05, 0) is 35.8 Å². The summed E-state index contributed by atoms with van der Waals surface area (Å²) in [5.41, 5.74) is 1.75. The van der Waals surface area contributed by atoms with Crippen LogP contribution in [0.15, 0.2) is 35.5 Å². The number of carbonyl (C=O) groups is 3. The van der Waals surface area contributed by atoms with Gasteiger partial charge in [-0.1, -0.05) is 42.1 Å². The van der Waals surface area contributed by atoms with E-state index in [9.17, 15) is 14.4 Å². The van der Waals surface area contributed by atoms with Gasteiger partial charge < -0.3 is 10.1 Å². The second-order valence-corrected chi connectivity index (χ2v) is 8.11. The van der Waals surface area contributed by atoms with E-state index in [1.807, 2.05) is 6.07 Å². The van der Waals surface area contributed by atoms with Gasteiger partial charge in [0.05, 0.1) is 18.4 Å². The number of rotatable bonds is 7. The number of nitrogens with zero attached hydrogens (tertiary/aromatic N) is 5. The van der Waals surface area contributed by atoms with Gasteiger partial charge in [0, 0.05) is 6.61 Å². The number of amides is 4. The van der Waals surface area contributed by atoms with Gasteiger partial charge in [-0.25, -0.2) is 9.48 Å². The predicted octanol–water partition coefficient (Wildman–Crippen LogP) is 0.443. The zero-order valence-corrected chi connectivity index (χ0v) is 17.1. The first-order chi connectivity index (χ1) is 14.5. The molecule has 2 fully saturated rings. The number of nitrogens with one attached hydrogen (secondary N) is 2. The lowest BCUT2D eigenvalue weighted by atomic mass is 9.92. The van der Waals surface area contributed by atoms with Crippen LogP contribution in [0.4, 0.5) is 4.79 Å². The van der Waals surface area contributed by atoms with Crippen LogP contribution in [0.5, 0.6) is 0 Å². The van der Waals surface area contributed by atoms with E-state index >= 15 is 0 Å². The van der Waals surface area contributed by atoms with Gasteiger partial charge >= 0.3 is 6.03 Å². The molecule has 2 aliphatic rings. The quantitative estimate of drug-likeness (QED) is 0.477. The van der Waals surface area contributed by atoms with Crippen LogP contribution in [0.25, 0.3) is 0 Å². The highest BCUT2D eigenvalue weighted by Crippen LogP contribution is 2.27. The summed E-state index contributed by atoms with van der Waals surface area (Å²) in [4.78, 5) is 37.5. The number of aromatic nitrogens is 4. The number of imide groups is 1. The van der Waals surface area contributed by atoms with Gasteiger partial charge in [0.25, 0.3) is 5.91 Å². The van der Waals surface area contributed by atoms with Crippen molar-refractivity contribution in [2.45, 2.75) is 43.1 Å². The second kappa shape index (κ2) is 8.40. The molecule has 11 nitrogen and oxygen atoms in total. The van der Waals surface area contributed by atoms with E-state index in [1.165, 1.54) is 0 Å². The Labute approximate surface area is 176 Å². The van der Waals surface area contributed by atoms with Crippen molar-refractivity contribution in [3.63, 3.8) is 0 Å². The lowest BCUT2D eigenvalue weighted by Gasteiger charge is -2.22. The molecule has 158 valence electrons. The molecule has 0 bridgehead atoms. The highest BCUT2D eigenvalue weighted by molar-refractivity contribution is 7.99. The van der Waals surface area contributed by atoms with Crippen molar-refractivity contribution < 1.29 is 19.1 Å². The van der Waals surface area contributed by atoms with Crippen molar-refractivity contribution in [3.05, 3.63) is 35.9 Å². The van der Waals surface area contributed by atoms with Gasteiger partial charge in [-0.2, -0.15) is 5.01 Å². The third-order valence-electron chi connectivity index (χ3n) is 5.01. The topological polar surface area (TPSA) is 131 Å². The Morgan fingerprint density at radius 3 is 2.90 bits per heavy atom. The molecule has 2 aliphatic heterocycles. The van der Waals surface area contributed by atoms with Crippen LogP contribution >= 0.6 is 11.8 Å². The van der Waals surface area contributed by atoms with E-state index in [0.29, 0.717) is 22.3 Å². The first-order valence-corrected chi connectivity index (χ1v) is 10.5. The number of hydrazine groups is 1. The lowest BCUT2D eigenvalue weighted by Crippen LogP contribution is -2.48. The molecule has 2 aromatic rings. The third kappa shape index (κ3) is 4.00. The molecule has 2 saturated heterocycles. The van der Waals surface area contributed by atoms with Crippen LogP contribution in [0.1, 0.15) is 25.3 Å². The molecule has 0 aliphatic carbocycles. The maximum Gasteiger partial charge on any atom is 0.344 e. The van der Waals surface area contributed by atoms with Crippen molar-refractivity contribution in [2.75, 3.05) is 12.4 Å². The molecular weight excluding hydrogens is 410 g/mol. The number of thioether (sulfide) groups is 1. The number of tetrazole rings is 1. The van der Waals surface area contributed by atoms with Gasteiger partial charge in [-0.15, -0.1) is 5.10 Å². The predicted molar refractivity (Wildman–Crippen MR) is 105 cm³/mol. The summed E-state index contributed by atoms with van der Waals surface area (Å²) in [5, 5.41) is 15.3. The number of hydrogen-bond acceptors (Lipinski definition) is 8. The number of hydrogen-bond donors (Lipinski definition) is 2. The Hall–Kier alpha value is -2.99. The first-order valence-electron chi connectivity index (χ1n) is 9.49. The van der Waals surface area contributed by atoms with Crippen LogP contribution in [0.3, 0.4) is 0 Å². The maximum atomic E-state index is 12.8. The minimum absolute atomic E-state index is 0.0586. The zero-order chi connectivity index (χ0) is 21.1. The third-order valence-corrected chi connectivity index (χ3v) is 5.97. The average molecular weight is 431 g/mol. The van der Waals surface area contributed by atoms with Gasteiger partial charge in [0.2, 0.25) is 11.1 Å². The van der Waals surface area contributed by atoms with Gasteiger partial charge in [0.15, 0.2) is 0 Å². The van der Waals surface area contributed by atoms with E-state index < -0.39 is 23.4 Å². The summed E-state index contributed by atoms with van der Waals surface area (Å²) >= 11 is 1.12. The summed E-state index contributed by atoms with van der Waals surface area (Å²) in [5.74, 6) is -1.14. The van der Waals surface area contributed by atoms with E-state index in [4.69, 9.17) is 4.74 Å². The molecular formula is C18H21N7O4S. The Morgan fingerprint density at radius 2 is 2.17 bits per heavy atom.